The van der Waals surface area contributed by atoms with Crippen molar-refractivity contribution < 1.29 is 40.7 Å². The Morgan fingerprint density at radius 3 is 2.46 bits per heavy atom. The summed E-state index contributed by atoms with van der Waals surface area (Å²) in [6, 6.07) is 2.83. The summed E-state index contributed by atoms with van der Waals surface area (Å²) >= 11 is 0. The van der Waals surface area contributed by atoms with Gasteiger partial charge in [-0.3, -0.25) is 9.52 Å². The van der Waals surface area contributed by atoms with E-state index in [0.717, 1.165) is 6.07 Å². The highest BCUT2D eigenvalue weighted by Crippen LogP contribution is 2.28. The first-order chi connectivity index (χ1) is 17.0. The average Bonchev–Trinajstić information content (AvgIpc) is 2.75. The molecule has 0 saturated heterocycles. The number of benzene rings is 1. The van der Waals surface area contributed by atoms with Crippen LogP contribution in [-0.4, -0.2) is 94.1 Å². The maximum absolute atomic E-state index is 13.3. The zero-order valence-electron chi connectivity index (χ0n) is 21.8. The fourth-order valence-corrected chi connectivity index (χ4v) is 4.87. The normalized spacial score (nSPS) is 22.0. The molecule has 1 heterocycles. The Balaban J connectivity index is 2.46. The predicted octanol–water partition coefficient (Wildman–Crippen LogP) is 2.91. The second kappa shape index (κ2) is 12.2. The van der Waals surface area contributed by atoms with Gasteiger partial charge in [0.1, 0.15) is 12.4 Å². The summed E-state index contributed by atoms with van der Waals surface area (Å²) in [6.07, 6.45) is -5.38. The number of hydrogen-bond donors (Lipinski definition) is 2. The number of methoxy groups -OCH3 is 1. The van der Waals surface area contributed by atoms with E-state index in [1.54, 1.807) is 11.8 Å². The number of carbonyl (C=O) groups is 2. The summed E-state index contributed by atoms with van der Waals surface area (Å²) in [6.45, 7) is 7.82. The zero-order chi connectivity index (χ0) is 28.1. The highest BCUT2D eigenvalue weighted by atomic mass is 32.2. The highest BCUT2D eigenvalue weighted by Gasteiger charge is 2.35. The Kier molecular flexibility index (Phi) is 10.1. The summed E-state index contributed by atoms with van der Waals surface area (Å²) in [5.74, 6) is -2.70. The number of urea groups is 1. The number of alkyl halides is 3. The van der Waals surface area contributed by atoms with Crippen molar-refractivity contribution in [3.05, 3.63) is 23.8 Å². The van der Waals surface area contributed by atoms with Crippen LogP contribution in [0.2, 0.25) is 0 Å². The number of anilines is 1. The van der Waals surface area contributed by atoms with Crippen molar-refractivity contribution in [3.63, 3.8) is 0 Å². The molecule has 10 nitrogen and oxygen atoms in total. The molecule has 0 spiro atoms. The Morgan fingerprint density at radius 2 is 1.89 bits per heavy atom. The minimum absolute atomic E-state index is 0.000966. The Labute approximate surface area is 215 Å². The van der Waals surface area contributed by atoms with Crippen LogP contribution in [0.1, 0.15) is 38.1 Å². The maximum Gasteiger partial charge on any atom is 0.404 e. The zero-order valence-corrected chi connectivity index (χ0v) is 22.6. The number of carbonyl (C=O) groups excluding carboxylic acids is 2. The molecular weight excluding hydrogens is 517 g/mol. The smallest absolute Gasteiger partial charge is 0.404 e. The number of nitrogens with one attached hydrogen (secondary N) is 2. The van der Waals surface area contributed by atoms with Gasteiger partial charge in [-0.15, -0.1) is 0 Å². The quantitative estimate of drug-likeness (QED) is 0.580. The van der Waals surface area contributed by atoms with Gasteiger partial charge in [0, 0.05) is 44.9 Å². The summed E-state index contributed by atoms with van der Waals surface area (Å²) in [4.78, 5) is 29.2. The number of rotatable bonds is 5. The summed E-state index contributed by atoms with van der Waals surface area (Å²) in [7, 11) is -1.74. The monoisotopic (exact) mass is 552 g/mol. The van der Waals surface area contributed by atoms with Crippen LogP contribution >= 0.6 is 0 Å². The fourth-order valence-electron chi connectivity index (χ4n) is 3.88. The van der Waals surface area contributed by atoms with Gasteiger partial charge in [0.15, 0.2) is 5.75 Å². The van der Waals surface area contributed by atoms with Crippen LogP contribution in [0.3, 0.4) is 0 Å². The Morgan fingerprint density at radius 1 is 1.24 bits per heavy atom. The van der Waals surface area contributed by atoms with Crippen LogP contribution < -0.4 is 14.8 Å². The third kappa shape index (κ3) is 8.95. The molecule has 1 aromatic carbocycles. The molecule has 1 aliphatic heterocycles. The van der Waals surface area contributed by atoms with Crippen molar-refractivity contribution in [1.82, 2.24) is 15.1 Å². The van der Waals surface area contributed by atoms with Crippen LogP contribution in [0.25, 0.3) is 0 Å². The van der Waals surface area contributed by atoms with Gasteiger partial charge < -0.3 is 24.6 Å². The molecule has 1 aromatic rings. The number of amides is 3. The summed E-state index contributed by atoms with van der Waals surface area (Å²) in [5.41, 5.74) is -0.272. The molecule has 14 heteroatoms. The number of nitrogens with zero attached hydrogens (tertiary/aromatic N) is 2. The third-order valence-corrected chi connectivity index (χ3v) is 7.00. The number of ether oxygens (including phenoxy) is 2. The van der Waals surface area contributed by atoms with Gasteiger partial charge in [0.25, 0.3) is 5.91 Å². The van der Waals surface area contributed by atoms with Gasteiger partial charge in [-0.05, 0) is 39.0 Å². The average molecular weight is 553 g/mol. The molecular formula is C23H35F3N4O6S. The molecule has 210 valence electrons. The second-order valence-electron chi connectivity index (χ2n) is 9.54. The van der Waals surface area contributed by atoms with Gasteiger partial charge in [0.05, 0.1) is 17.7 Å². The van der Waals surface area contributed by atoms with Gasteiger partial charge >= 0.3 is 12.2 Å². The minimum atomic E-state index is -4.93. The van der Waals surface area contributed by atoms with Crippen molar-refractivity contribution in [2.45, 2.75) is 52.1 Å². The lowest BCUT2D eigenvalue weighted by Crippen LogP contribution is -2.52. The number of fused-ring (bicyclic) bond motifs is 1. The molecule has 0 unspecified atom stereocenters. The van der Waals surface area contributed by atoms with Crippen molar-refractivity contribution in [3.8, 4) is 5.75 Å². The van der Waals surface area contributed by atoms with E-state index < -0.39 is 40.0 Å². The van der Waals surface area contributed by atoms with Crippen molar-refractivity contribution in [2.24, 2.45) is 5.92 Å². The van der Waals surface area contributed by atoms with Crippen LogP contribution in [0.15, 0.2) is 18.2 Å². The molecule has 0 aliphatic carbocycles. The van der Waals surface area contributed by atoms with Gasteiger partial charge in [-0.1, -0.05) is 6.92 Å². The predicted molar refractivity (Wildman–Crippen MR) is 132 cm³/mol. The van der Waals surface area contributed by atoms with Crippen LogP contribution in [0.4, 0.5) is 23.7 Å². The maximum atomic E-state index is 13.3. The molecule has 3 atom stereocenters. The second-order valence-corrected chi connectivity index (χ2v) is 11.3. The molecule has 2 N–H and O–H groups in total. The number of sulfonamides is 1. The Bertz CT molecular complexity index is 1070. The van der Waals surface area contributed by atoms with E-state index in [9.17, 15) is 31.2 Å². The van der Waals surface area contributed by atoms with E-state index >= 15 is 0 Å². The van der Waals surface area contributed by atoms with Gasteiger partial charge in [-0.2, -0.15) is 13.2 Å². The lowest BCUT2D eigenvalue weighted by molar-refractivity contribution is -0.106. The summed E-state index contributed by atoms with van der Waals surface area (Å²) in [5, 5.41) is 2.87. The Hall–Kier alpha value is -2.74. The molecule has 3 amide bonds. The number of halogens is 3. The largest absolute Gasteiger partial charge is 0.491 e. The van der Waals surface area contributed by atoms with E-state index in [0.29, 0.717) is 6.54 Å². The lowest BCUT2D eigenvalue weighted by atomic mass is 10.0. The van der Waals surface area contributed by atoms with E-state index in [1.807, 2.05) is 25.5 Å². The molecule has 0 bridgehead atoms. The third-order valence-electron chi connectivity index (χ3n) is 5.74. The van der Waals surface area contributed by atoms with Crippen molar-refractivity contribution >= 4 is 27.6 Å². The van der Waals surface area contributed by atoms with Crippen LogP contribution in [0.5, 0.6) is 5.75 Å². The number of hydrogen-bond acceptors (Lipinski definition) is 6. The van der Waals surface area contributed by atoms with Crippen molar-refractivity contribution in [2.75, 3.05) is 44.3 Å². The minimum Gasteiger partial charge on any atom is -0.491 e. The molecule has 0 fully saturated rings. The molecule has 0 aromatic heterocycles. The van der Waals surface area contributed by atoms with Crippen LogP contribution in [0, 0.1) is 5.92 Å². The standard InChI is InChI=1S/C23H35F3N4O6S/c1-14(2)27-22(32)30-10-15(3)20(35-6)11-29(5)21(31)18-9-17(7-8-19(18)36-12-16(30)4)28-37(33,34)13-23(24,25)26/h7-9,14-16,20,28H,10-13H2,1-6H3,(H,27,32)/t15-,16+,20+/m0/s1. The SMILES string of the molecule is CO[C@@H]1CN(C)C(=O)c2cc(NS(=O)(=O)CC(F)(F)F)ccc2OC[C@@H](C)N(C(=O)NC(C)C)C[C@@H]1C. The number of likely N-dealkylation sites (N-methyl/N-ethyl adjacent to an activating group) is 1. The van der Waals surface area contributed by atoms with E-state index in [2.05, 4.69) is 5.32 Å². The van der Waals surface area contributed by atoms with E-state index in [1.165, 1.54) is 31.2 Å². The fraction of sp³-hybridized carbons (Fsp3) is 0.652. The molecule has 2 rings (SSSR count). The molecule has 0 saturated carbocycles. The topological polar surface area (TPSA) is 117 Å². The molecule has 1 aliphatic rings. The first-order valence-electron chi connectivity index (χ1n) is 11.7. The first kappa shape index (κ1) is 30.5. The van der Waals surface area contributed by atoms with Gasteiger partial charge in [-0.25, -0.2) is 13.2 Å². The first-order valence-corrected chi connectivity index (χ1v) is 13.4. The van der Waals surface area contributed by atoms with E-state index in [-0.39, 0.29) is 48.1 Å². The van der Waals surface area contributed by atoms with Crippen molar-refractivity contribution in [1.29, 1.82) is 0 Å². The summed E-state index contributed by atoms with van der Waals surface area (Å²) < 4.78 is 75.2. The lowest BCUT2D eigenvalue weighted by Gasteiger charge is -2.36. The van der Waals surface area contributed by atoms with Gasteiger partial charge in [0.2, 0.25) is 10.0 Å². The molecule has 0 radical (unpaired) electrons. The molecule has 37 heavy (non-hydrogen) atoms. The highest BCUT2D eigenvalue weighted by molar-refractivity contribution is 7.92. The van der Waals surface area contributed by atoms with Crippen LogP contribution in [-0.2, 0) is 14.8 Å². The van der Waals surface area contributed by atoms with E-state index in [4.69, 9.17) is 9.47 Å².